The topological polar surface area (TPSA) is 89.0 Å². The number of hydrogen-bond acceptors (Lipinski definition) is 4. The van der Waals surface area contributed by atoms with Crippen LogP contribution in [0.4, 0.5) is 0 Å². The highest BCUT2D eigenvalue weighted by Crippen LogP contribution is 2.23. The molecule has 2 unspecified atom stereocenters. The fraction of sp³-hybridized carbons (Fsp3) is 0.381. The molecule has 28 heavy (non-hydrogen) atoms. The van der Waals surface area contributed by atoms with Gasteiger partial charge in [-0.2, -0.15) is 5.10 Å². The van der Waals surface area contributed by atoms with Gasteiger partial charge < -0.3 is 15.0 Å². The van der Waals surface area contributed by atoms with E-state index in [1.165, 1.54) is 4.68 Å². The number of amides is 1. The van der Waals surface area contributed by atoms with Crippen molar-refractivity contribution >= 4 is 16.8 Å². The van der Waals surface area contributed by atoms with Crippen LogP contribution >= 0.6 is 0 Å². The molecule has 1 aliphatic carbocycles. The van der Waals surface area contributed by atoms with Crippen molar-refractivity contribution in [3.63, 3.8) is 0 Å². The molecule has 5 rings (SSSR count). The molecule has 1 fully saturated rings. The molecule has 144 valence electrons. The molecule has 2 atom stereocenters. The predicted molar refractivity (Wildman–Crippen MR) is 105 cm³/mol. The number of fused-ring (bicyclic) bond motifs is 2. The second-order valence-electron chi connectivity index (χ2n) is 7.54. The smallest absolute Gasteiger partial charge is 0.267 e. The fourth-order valence-electron chi connectivity index (χ4n) is 4.27. The van der Waals surface area contributed by atoms with E-state index >= 15 is 0 Å². The van der Waals surface area contributed by atoms with Gasteiger partial charge in [-0.25, -0.2) is 4.68 Å². The number of nitrogens with zero attached hydrogens (tertiary/aromatic N) is 2. The van der Waals surface area contributed by atoms with Gasteiger partial charge in [-0.1, -0.05) is 6.07 Å². The molecule has 3 heterocycles. The summed E-state index contributed by atoms with van der Waals surface area (Å²) in [5, 5.41) is 8.56. The van der Waals surface area contributed by atoms with Gasteiger partial charge in [0.1, 0.15) is 6.04 Å². The van der Waals surface area contributed by atoms with Crippen LogP contribution in [-0.2, 0) is 17.6 Å². The van der Waals surface area contributed by atoms with Crippen LogP contribution in [0, 0.1) is 0 Å². The lowest BCUT2D eigenvalue weighted by Crippen LogP contribution is -2.44. The molecule has 2 N–H and O–H groups in total. The summed E-state index contributed by atoms with van der Waals surface area (Å²) in [6, 6.07) is 8.60. The molecule has 3 aromatic rings. The molecule has 7 nitrogen and oxygen atoms in total. The number of hydrogen-bond donors (Lipinski definition) is 2. The van der Waals surface area contributed by atoms with Crippen LogP contribution in [0.2, 0.25) is 0 Å². The molecule has 1 aromatic carbocycles. The van der Waals surface area contributed by atoms with E-state index in [9.17, 15) is 9.59 Å². The Hall–Kier alpha value is -2.93. The maximum absolute atomic E-state index is 12.9. The average Bonchev–Trinajstić information content (AvgIpc) is 3.36. The Labute approximate surface area is 161 Å². The van der Waals surface area contributed by atoms with E-state index in [4.69, 9.17) is 4.74 Å². The standard InChI is InChI=1S/C21H22N4O3/c26-20-10-13-4-1-2-6-16(13)24-25(20)19-12-28-11-18(19)23-21(27)15-5-3-7-17-14(15)8-9-22-17/h3,5,7-10,18-19,22H,1-2,4,6,11-12H2,(H,23,27). The number of carbonyl (C=O) groups is 1. The van der Waals surface area contributed by atoms with Gasteiger partial charge in [0.25, 0.3) is 11.5 Å². The fourth-order valence-corrected chi connectivity index (χ4v) is 4.27. The molecule has 2 aromatic heterocycles. The van der Waals surface area contributed by atoms with Crippen LogP contribution in [0.25, 0.3) is 10.9 Å². The number of rotatable bonds is 3. The Morgan fingerprint density at radius 2 is 2.11 bits per heavy atom. The van der Waals surface area contributed by atoms with Crippen molar-refractivity contribution in [3.8, 4) is 0 Å². The Morgan fingerprint density at radius 1 is 1.21 bits per heavy atom. The van der Waals surface area contributed by atoms with E-state index in [0.717, 1.165) is 47.8 Å². The van der Waals surface area contributed by atoms with Gasteiger partial charge in [0.05, 0.1) is 24.9 Å². The van der Waals surface area contributed by atoms with Gasteiger partial charge >= 0.3 is 0 Å². The molecule has 1 amide bonds. The van der Waals surface area contributed by atoms with Gasteiger partial charge in [-0.3, -0.25) is 9.59 Å². The van der Waals surface area contributed by atoms with Gasteiger partial charge in [0, 0.05) is 28.7 Å². The van der Waals surface area contributed by atoms with Crippen LogP contribution in [0.15, 0.2) is 41.3 Å². The minimum absolute atomic E-state index is 0.122. The third-order valence-electron chi connectivity index (χ3n) is 5.75. The Balaban J connectivity index is 1.42. The second-order valence-corrected chi connectivity index (χ2v) is 7.54. The second kappa shape index (κ2) is 6.91. The van der Waals surface area contributed by atoms with E-state index in [0.29, 0.717) is 18.8 Å². The maximum Gasteiger partial charge on any atom is 0.267 e. The van der Waals surface area contributed by atoms with Crippen molar-refractivity contribution in [2.24, 2.45) is 0 Å². The highest BCUT2D eigenvalue weighted by Gasteiger charge is 2.33. The van der Waals surface area contributed by atoms with E-state index in [-0.39, 0.29) is 23.6 Å². The van der Waals surface area contributed by atoms with Crippen molar-refractivity contribution < 1.29 is 9.53 Å². The lowest BCUT2D eigenvalue weighted by Gasteiger charge is -2.23. The first-order valence-electron chi connectivity index (χ1n) is 9.77. The molecule has 0 spiro atoms. The van der Waals surface area contributed by atoms with Crippen molar-refractivity contribution in [2.45, 2.75) is 37.8 Å². The Morgan fingerprint density at radius 3 is 3.04 bits per heavy atom. The normalized spacial score (nSPS) is 21.6. The highest BCUT2D eigenvalue weighted by atomic mass is 16.5. The Kier molecular flexibility index (Phi) is 4.24. The van der Waals surface area contributed by atoms with Crippen molar-refractivity contribution in [2.75, 3.05) is 13.2 Å². The zero-order chi connectivity index (χ0) is 19.1. The first-order valence-corrected chi connectivity index (χ1v) is 9.77. The molecule has 0 radical (unpaired) electrons. The van der Waals surface area contributed by atoms with E-state index in [1.54, 1.807) is 12.1 Å². The van der Waals surface area contributed by atoms with E-state index in [1.807, 2.05) is 24.4 Å². The predicted octanol–water partition coefficient (Wildman–Crippen LogP) is 1.97. The summed E-state index contributed by atoms with van der Waals surface area (Å²) in [6.07, 6.45) is 5.84. The third kappa shape index (κ3) is 2.92. The van der Waals surface area contributed by atoms with Crippen molar-refractivity contribution in [3.05, 3.63) is 63.7 Å². The van der Waals surface area contributed by atoms with Gasteiger partial charge in [0.15, 0.2) is 0 Å². The monoisotopic (exact) mass is 378 g/mol. The Bertz CT molecular complexity index is 1100. The zero-order valence-electron chi connectivity index (χ0n) is 15.5. The number of H-pyrrole nitrogens is 1. The van der Waals surface area contributed by atoms with Crippen LogP contribution in [0.3, 0.4) is 0 Å². The van der Waals surface area contributed by atoms with Gasteiger partial charge in [0.2, 0.25) is 0 Å². The minimum Gasteiger partial charge on any atom is -0.377 e. The number of ether oxygens (including phenoxy) is 1. The summed E-state index contributed by atoms with van der Waals surface area (Å²) < 4.78 is 7.12. The number of nitrogens with one attached hydrogen (secondary N) is 2. The number of carbonyl (C=O) groups excluding carboxylic acids is 1. The summed E-state index contributed by atoms with van der Waals surface area (Å²) >= 11 is 0. The lowest BCUT2D eigenvalue weighted by molar-refractivity contribution is 0.0926. The number of benzene rings is 1. The van der Waals surface area contributed by atoms with E-state index in [2.05, 4.69) is 15.4 Å². The summed E-state index contributed by atoms with van der Waals surface area (Å²) in [7, 11) is 0. The maximum atomic E-state index is 12.9. The van der Waals surface area contributed by atoms with Gasteiger partial charge in [-0.15, -0.1) is 0 Å². The van der Waals surface area contributed by atoms with Crippen molar-refractivity contribution in [1.29, 1.82) is 0 Å². The molecule has 2 aliphatic rings. The molecule has 1 aliphatic heterocycles. The van der Waals surface area contributed by atoms with Gasteiger partial charge in [-0.05, 0) is 49.4 Å². The first kappa shape index (κ1) is 17.2. The molecule has 1 saturated heterocycles. The summed E-state index contributed by atoms with van der Waals surface area (Å²) in [6.45, 7) is 0.732. The number of aromatic amines is 1. The summed E-state index contributed by atoms with van der Waals surface area (Å²) in [4.78, 5) is 28.7. The zero-order valence-corrected chi connectivity index (χ0v) is 15.5. The SMILES string of the molecule is O=C(NC1COCC1n1nc2c(cc1=O)CCCC2)c1cccc2[nH]ccc12. The summed E-state index contributed by atoms with van der Waals surface area (Å²) in [5.74, 6) is -0.170. The van der Waals surface area contributed by atoms with Crippen LogP contribution in [0.5, 0.6) is 0 Å². The molecule has 0 bridgehead atoms. The highest BCUT2D eigenvalue weighted by molar-refractivity contribution is 6.06. The average molecular weight is 378 g/mol. The van der Waals surface area contributed by atoms with E-state index < -0.39 is 0 Å². The molecule has 0 saturated carbocycles. The third-order valence-corrected chi connectivity index (χ3v) is 5.75. The largest absolute Gasteiger partial charge is 0.377 e. The molecule has 7 heteroatoms. The molecular formula is C21H22N4O3. The quantitative estimate of drug-likeness (QED) is 0.729. The van der Waals surface area contributed by atoms with Crippen LogP contribution in [0.1, 0.15) is 40.5 Å². The number of aromatic nitrogens is 3. The van der Waals surface area contributed by atoms with Crippen LogP contribution in [-0.4, -0.2) is 39.9 Å². The first-order chi connectivity index (χ1) is 13.7. The lowest BCUT2D eigenvalue weighted by atomic mass is 9.97. The number of aryl methyl sites for hydroxylation is 2. The minimum atomic E-state index is -0.298. The summed E-state index contributed by atoms with van der Waals surface area (Å²) in [5.41, 5.74) is 3.46. The van der Waals surface area contributed by atoms with Crippen molar-refractivity contribution in [1.82, 2.24) is 20.1 Å². The molecular weight excluding hydrogens is 356 g/mol. The van der Waals surface area contributed by atoms with Crippen LogP contribution < -0.4 is 10.9 Å².